The molecule has 2 aromatic heterocycles. The third kappa shape index (κ3) is 4.87. The summed E-state index contributed by atoms with van der Waals surface area (Å²) < 4.78 is 35.2. The Morgan fingerprint density at radius 2 is 2.09 bits per heavy atom. The van der Waals surface area contributed by atoms with Gasteiger partial charge in [-0.05, 0) is 49.3 Å². The van der Waals surface area contributed by atoms with Gasteiger partial charge in [0.2, 0.25) is 0 Å². The minimum atomic E-state index is -4.23. The molecule has 0 spiro atoms. The third-order valence-electron chi connectivity index (χ3n) is 4.60. The van der Waals surface area contributed by atoms with Crippen molar-refractivity contribution < 1.29 is 27.4 Å². The van der Waals surface area contributed by atoms with Crippen molar-refractivity contribution >= 4 is 83.4 Å². The number of halogens is 1. The molecule has 0 bridgehead atoms. The number of aryl methyl sites for hydroxylation is 1. The van der Waals surface area contributed by atoms with Crippen LogP contribution in [0.2, 0.25) is 5.02 Å². The summed E-state index contributed by atoms with van der Waals surface area (Å²) >= 11 is 10.4. The van der Waals surface area contributed by atoms with Crippen LogP contribution in [0.15, 0.2) is 45.2 Å². The molecule has 7 nitrogen and oxygen atoms in total. The van der Waals surface area contributed by atoms with Gasteiger partial charge in [0, 0.05) is 21.4 Å². The lowest BCUT2D eigenvalue weighted by atomic mass is 10.2. The molecule has 0 saturated heterocycles. The summed E-state index contributed by atoms with van der Waals surface area (Å²) in [6, 6.07) is 5.35. The molecule has 4 rings (SSSR count). The number of thioether (sulfide) groups is 1. The van der Waals surface area contributed by atoms with Crippen LogP contribution in [-0.2, 0) is 20.8 Å². The molecule has 12 heteroatoms. The number of carboxylic acid groups (broad SMARTS) is 1. The summed E-state index contributed by atoms with van der Waals surface area (Å²) in [5.74, 6) is -1.50. The molecule has 3 aromatic rings. The van der Waals surface area contributed by atoms with Gasteiger partial charge in [-0.3, -0.25) is 9.35 Å². The van der Waals surface area contributed by atoms with Gasteiger partial charge in [-0.25, -0.2) is 0 Å². The van der Waals surface area contributed by atoms with Gasteiger partial charge in [-0.2, -0.15) is 13.0 Å². The first-order valence-electron chi connectivity index (χ1n) is 9.24. The first-order valence-corrected chi connectivity index (χ1v) is 13.7. The fourth-order valence-electron chi connectivity index (χ4n) is 3.29. The number of thiazole rings is 1. The van der Waals surface area contributed by atoms with E-state index in [1.54, 1.807) is 21.6 Å². The van der Waals surface area contributed by atoms with Gasteiger partial charge < -0.3 is 10.0 Å². The average molecular weight is 530 g/mol. The fourth-order valence-corrected chi connectivity index (χ4v) is 7.87. The predicted octanol–water partition coefficient (Wildman–Crippen LogP) is 5.00. The lowest BCUT2D eigenvalue weighted by molar-refractivity contribution is -0.647. The first-order chi connectivity index (χ1) is 15.0. The van der Waals surface area contributed by atoms with E-state index in [1.165, 1.54) is 34.4 Å². The summed E-state index contributed by atoms with van der Waals surface area (Å²) in [5.41, 5.74) is 2.58. The Balaban J connectivity index is 1.75. The first kappa shape index (κ1) is 23.3. The highest BCUT2D eigenvalue weighted by molar-refractivity contribution is 8.03. The van der Waals surface area contributed by atoms with E-state index < -0.39 is 22.0 Å². The van der Waals surface area contributed by atoms with Crippen LogP contribution < -0.4 is 9.47 Å². The van der Waals surface area contributed by atoms with E-state index in [9.17, 15) is 22.9 Å². The van der Waals surface area contributed by atoms with E-state index in [2.05, 4.69) is 0 Å². The normalized spacial score (nSPS) is 15.7. The zero-order valence-electron chi connectivity index (χ0n) is 16.9. The van der Waals surface area contributed by atoms with Gasteiger partial charge in [-0.15, -0.1) is 0 Å². The standard InChI is InChI=1S/C20H17ClN2O5S4/c1-11(5-16-22(8-18(24)25)14-7-13(21)3-4-15(14)30-16)6-17-23(10-32(26,27)28)20-19(31-17)12(2)9-29-20/h3-7,9H,8,10H2,1-2H3,(H-,24,25,26,27,28)/p+1. The Labute approximate surface area is 202 Å². The third-order valence-corrected chi connectivity index (χ3v) is 9.05. The summed E-state index contributed by atoms with van der Waals surface area (Å²) in [7, 11) is -4.23. The zero-order chi connectivity index (χ0) is 23.2. The molecule has 0 atom stereocenters. The lowest BCUT2D eigenvalue weighted by Gasteiger charge is -2.18. The van der Waals surface area contributed by atoms with Crippen molar-refractivity contribution in [2.24, 2.45) is 0 Å². The molecule has 0 radical (unpaired) electrons. The molecule has 168 valence electrons. The second-order valence-corrected chi connectivity index (χ2v) is 12.0. The van der Waals surface area contributed by atoms with Crippen LogP contribution in [0.3, 0.4) is 0 Å². The topological polar surface area (TPSA) is 98.8 Å². The molecule has 1 aromatic carbocycles. The van der Waals surface area contributed by atoms with Crippen LogP contribution >= 0.6 is 46.0 Å². The molecule has 32 heavy (non-hydrogen) atoms. The maximum atomic E-state index is 11.6. The Bertz CT molecular complexity index is 1400. The van der Waals surface area contributed by atoms with Crippen molar-refractivity contribution in [3.63, 3.8) is 0 Å². The molecule has 1 aliphatic heterocycles. The van der Waals surface area contributed by atoms with Crippen molar-refractivity contribution in [2.75, 3.05) is 11.4 Å². The Hall–Kier alpha value is -1.89. The average Bonchev–Trinajstić information content (AvgIpc) is 3.29. The molecule has 1 aliphatic rings. The molecule has 3 heterocycles. The minimum absolute atomic E-state index is 0.212. The zero-order valence-corrected chi connectivity index (χ0v) is 20.9. The Kier molecular flexibility index (Phi) is 6.40. The summed E-state index contributed by atoms with van der Waals surface area (Å²) in [6.45, 7) is 3.60. The van der Waals surface area contributed by atoms with Crippen molar-refractivity contribution in [1.82, 2.24) is 0 Å². The molecular formula is C20H18ClN2O5S4+. The highest BCUT2D eigenvalue weighted by atomic mass is 35.5. The van der Waals surface area contributed by atoms with E-state index in [0.717, 1.165) is 36.3 Å². The number of hydrogen-bond donors (Lipinski definition) is 2. The van der Waals surface area contributed by atoms with Gasteiger partial charge in [0.05, 0.1) is 10.7 Å². The number of carboxylic acids is 1. The summed E-state index contributed by atoms with van der Waals surface area (Å²) in [6.07, 6.45) is 3.70. The van der Waals surface area contributed by atoms with Crippen LogP contribution in [0.1, 0.15) is 17.5 Å². The number of benzene rings is 1. The van der Waals surface area contributed by atoms with Crippen LogP contribution in [0.25, 0.3) is 15.6 Å². The van der Waals surface area contributed by atoms with Crippen molar-refractivity contribution in [3.05, 3.63) is 55.9 Å². The number of allylic oxidation sites excluding steroid dienone is 2. The number of fused-ring (bicyclic) bond motifs is 2. The van der Waals surface area contributed by atoms with E-state index in [-0.39, 0.29) is 6.54 Å². The largest absolute Gasteiger partial charge is 0.480 e. The van der Waals surface area contributed by atoms with E-state index in [4.69, 9.17) is 11.6 Å². The Morgan fingerprint density at radius 3 is 2.78 bits per heavy atom. The van der Waals surface area contributed by atoms with Gasteiger partial charge >= 0.3 is 16.1 Å². The van der Waals surface area contributed by atoms with Crippen LogP contribution in [-0.4, -0.2) is 30.6 Å². The lowest BCUT2D eigenvalue weighted by Crippen LogP contribution is -2.38. The fraction of sp³-hybridized carbons (Fsp3) is 0.200. The molecule has 0 amide bonds. The highest BCUT2D eigenvalue weighted by Crippen LogP contribution is 2.47. The second-order valence-electron chi connectivity index (χ2n) is 7.20. The number of aromatic nitrogens is 1. The van der Waals surface area contributed by atoms with Crippen LogP contribution in [0.4, 0.5) is 5.69 Å². The van der Waals surface area contributed by atoms with Crippen molar-refractivity contribution in [1.29, 1.82) is 0 Å². The number of thiophene rings is 1. The van der Waals surface area contributed by atoms with Gasteiger partial charge in [0.15, 0.2) is 0 Å². The SMILES string of the molecule is CC(=Cc1sc2c(C)csc2[n+]1CS(=O)(=O)O)C=C1Sc2ccc(Cl)cc2N1CC(=O)O. The van der Waals surface area contributed by atoms with E-state index in [1.807, 2.05) is 37.4 Å². The van der Waals surface area contributed by atoms with Gasteiger partial charge in [0.25, 0.3) is 15.7 Å². The maximum Gasteiger partial charge on any atom is 0.326 e. The highest BCUT2D eigenvalue weighted by Gasteiger charge is 2.29. The molecule has 0 fully saturated rings. The van der Waals surface area contributed by atoms with E-state index in [0.29, 0.717) is 10.0 Å². The van der Waals surface area contributed by atoms with Crippen molar-refractivity contribution in [3.8, 4) is 0 Å². The minimum Gasteiger partial charge on any atom is -0.480 e. The van der Waals surface area contributed by atoms with Crippen LogP contribution in [0.5, 0.6) is 0 Å². The molecular weight excluding hydrogens is 512 g/mol. The van der Waals surface area contributed by atoms with Crippen molar-refractivity contribution in [2.45, 2.75) is 24.6 Å². The number of nitrogens with zero attached hydrogens (tertiary/aromatic N) is 2. The Morgan fingerprint density at radius 1 is 1.34 bits per heavy atom. The molecule has 0 saturated carbocycles. The maximum absolute atomic E-state index is 11.6. The smallest absolute Gasteiger partial charge is 0.326 e. The van der Waals surface area contributed by atoms with E-state index >= 15 is 0 Å². The second kappa shape index (κ2) is 8.81. The van der Waals surface area contributed by atoms with Gasteiger partial charge in [-0.1, -0.05) is 46.0 Å². The number of carbonyl (C=O) groups is 1. The number of aliphatic carboxylic acids is 1. The summed E-state index contributed by atoms with van der Waals surface area (Å²) in [4.78, 5) is 14.8. The van der Waals surface area contributed by atoms with Crippen LogP contribution in [0, 0.1) is 6.92 Å². The molecule has 0 aliphatic carbocycles. The van der Waals surface area contributed by atoms with Gasteiger partial charge in [0.1, 0.15) is 11.2 Å². The molecule has 0 unspecified atom stereocenters. The predicted molar refractivity (Wildman–Crippen MR) is 130 cm³/mol. The quantitative estimate of drug-likeness (QED) is 0.342. The number of rotatable bonds is 6. The number of hydrogen-bond acceptors (Lipinski definition) is 7. The molecule has 2 N–H and O–H groups in total. The summed E-state index contributed by atoms with van der Waals surface area (Å²) in [5, 5.41) is 13.3. The number of anilines is 1. The monoisotopic (exact) mass is 529 g/mol.